The minimum atomic E-state index is -1.17. The van der Waals surface area contributed by atoms with Crippen LogP contribution in [-0.4, -0.2) is 23.1 Å². The van der Waals surface area contributed by atoms with Crippen molar-refractivity contribution in [1.82, 2.24) is 0 Å². The Balaban J connectivity index is 2.42. The monoisotopic (exact) mass is 288 g/mol. The molecular formula is C14H12N2O5. The summed E-state index contributed by atoms with van der Waals surface area (Å²) in [6.07, 6.45) is 0. The molecule has 0 saturated carbocycles. The lowest BCUT2D eigenvalue weighted by Gasteiger charge is -2.10. The molecule has 21 heavy (non-hydrogen) atoms. The van der Waals surface area contributed by atoms with E-state index in [-0.39, 0.29) is 16.9 Å². The van der Waals surface area contributed by atoms with E-state index >= 15 is 0 Å². The van der Waals surface area contributed by atoms with Crippen LogP contribution in [0.1, 0.15) is 10.4 Å². The maximum absolute atomic E-state index is 11.2. The SMILES string of the molecule is COc1cccc(Nc2cc([N+](=O)[O-])ccc2C(=O)O)c1. The second-order valence-electron chi connectivity index (χ2n) is 4.15. The highest BCUT2D eigenvalue weighted by Crippen LogP contribution is 2.27. The van der Waals surface area contributed by atoms with Crippen molar-refractivity contribution in [2.24, 2.45) is 0 Å². The number of ether oxygens (including phenoxy) is 1. The number of nitrogens with one attached hydrogen (secondary N) is 1. The number of hydrogen-bond donors (Lipinski definition) is 2. The minimum Gasteiger partial charge on any atom is -0.497 e. The molecule has 7 heteroatoms. The number of rotatable bonds is 5. The maximum Gasteiger partial charge on any atom is 0.337 e. The normalized spacial score (nSPS) is 9.95. The van der Waals surface area contributed by atoms with Gasteiger partial charge in [-0.1, -0.05) is 6.07 Å². The predicted octanol–water partition coefficient (Wildman–Crippen LogP) is 3.05. The molecule has 0 aliphatic rings. The fourth-order valence-electron chi connectivity index (χ4n) is 1.79. The second kappa shape index (κ2) is 5.91. The fraction of sp³-hybridized carbons (Fsp3) is 0.0714. The minimum absolute atomic E-state index is 0.0524. The first-order valence-corrected chi connectivity index (χ1v) is 5.94. The molecule has 0 heterocycles. The maximum atomic E-state index is 11.2. The number of carboxylic acid groups (broad SMARTS) is 1. The third-order valence-corrected chi connectivity index (χ3v) is 2.79. The molecule has 0 atom stereocenters. The van der Waals surface area contributed by atoms with Gasteiger partial charge in [0.25, 0.3) is 5.69 Å². The van der Waals surface area contributed by atoms with Crippen molar-refractivity contribution in [3.8, 4) is 5.75 Å². The summed E-state index contributed by atoms with van der Waals surface area (Å²) in [4.78, 5) is 21.4. The number of nitro benzene ring substituents is 1. The summed E-state index contributed by atoms with van der Waals surface area (Å²) in [7, 11) is 1.51. The quantitative estimate of drug-likeness (QED) is 0.647. The summed E-state index contributed by atoms with van der Waals surface area (Å²) in [5.74, 6) is -0.586. The Morgan fingerprint density at radius 2 is 2.05 bits per heavy atom. The third kappa shape index (κ3) is 3.27. The summed E-state index contributed by atoms with van der Waals surface area (Å²) in [5, 5.41) is 22.8. The summed E-state index contributed by atoms with van der Waals surface area (Å²) in [6, 6.07) is 10.3. The molecule has 0 unspecified atom stereocenters. The molecule has 2 N–H and O–H groups in total. The Morgan fingerprint density at radius 1 is 1.29 bits per heavy atom. The molecule has 0 fully saturated rings. The van der Waals surface area contributed by atoms with Crippen molar-refractivity contribution >= 4 is 23.0 Å². The largest absolute Gasteiger partial charge is 0.497 e. The Hall–Kier alpha value is -3.09. The summed E-state index contributed by atoms with van der Waals surface area (Å²) >= 11 is 0. The lowest BCUT2D eigenvalue weighted by molar-refractivity contribution is -0.384. The molecule has 7 nitrogen and oxygen atoms in total. The summed E-state index contributed by atoms with van der Waals surface area (Å²) in [5.41, 5.74) is 0.469. The van der Waals surface area contributed by atoms with Crippen LogP contribution in [0.15, 0.2) is 42.5 Å². The highest BCUT2D eigenvalue weighted by Gasteiger charge is 2.15. The zero-order valence-corrected chi connectivity index (χ0v) is 11.1. The van der Waals surface area contributed by atoms with Gasteiger partial charge in [0.1, 0.15) is 5.75 Å². The Bertz CT molecular complexity index is 700. The van der Waals surface area contributed by atoms with Crippen LogP contribution >= 0.6 is 0 Å². The lowest BCUT2D eigenvalue weighted by atomic mass is 10.1. The highest BCUT2D eigenvalue weighted by molar-refractivity contribution is 5.95. The molecule has 0 aromatic heterocycles. The first-order valence-electron chi connectivity index (χ1n) is 5.94. The molecule has 0 saturated heterocycles. The van der Waals surface area contributed by atoms with Gasteiger partial charge in [-0.25, -0.2) is 4.79 Å². The van der Waals surface area contributed by atoms with Crippen LogP contribution in [0.4, 0.5) is 17.1 Å². The molecule has 0 amide bonds. The van der Waals surface area contributed by atoms with Gasteiger partial charge < -0.3 is 15.2 Å². The Labute approximate surface area is 119 Å². The van der Waals surface area contributed by atoms with Crippen molar-refractivity contribution in [3.05, 3.63) is 58.1 Å². The van der Waals surface area contributed by atoms with E-state index in [1.165, 1.54) is 19.2 Å². The van der Waals surface area contributed by atoms with Crippen LogP contribution in [0.5, 0.6) is 5.75 Å². The topological polar surface area (TPSA) is 102 Å². The number of nitro groups is 1. The molecular weight excluding hydrogens is 276 g/mol. The van der Waals surface area contributed by atoms with Crippen LogP contribution < -0.4 is 10.1 Å². The average Bonchev–Trinajstić information content (AvgIpc) is 2.47. The van der Waals surface area contributed by atoms with Gasteiger partial charge in [-0.2, -0.15) is 0 Å². The van der Waals surface area contributed by atoms with Gasteiger partial charge in [0.15, 0.2) is 0 Å². The number of nitrogens with zero attached hydrogens (tertiary/aromatic N) is 1. The molecule has 0 aliphatic heterocycles. The number of benzene rings is 2. The van der Waals surface area contributed by atoms with E-state index in [2.05, 4.69) is 5.32 Å². The molecule has 2 aromatic rings. The number of anilines is 2. The van der Waals surface area contributed by atoms with Crippen LogP contribution in [-0.2, 0) is 0 Å². The molecule has 0 spiro atoms. The second-order valence-corrected chi connectivity index (χ2v) is 4.15. The molecule has 2 aromatic carbocycles. The standard InChI is InChI=1S/C14H12N2O5/c1-21-11-4-2-3-9(7-11)15-13-8-10(16(19)20)5-6-12(13)14(17)18/h2-8,15H,1H3,(H,17,18). The molecule has 0 aliphatic carbocycles. The van der Waals surface area contributed by atoms with E-state index in [0.717, 1.165) is 6.07 Å². The molecule has 2 rings (SSSR count). The summed E-state index contributed by atoms with van der Waals surface area (Å²) < 4.78 is 5.07. The van der Waals surface area contributed by atoms with Gasteiger partial charge in [0, 0.05) is 23.9 Å². The summed E-state index contributed by atoms with van der Waals surface area (Å²) in [6.45, 7) is 0. The number of methoxy groups -OCH3 is 1. The van der Waals surface area contributed by atoms with Crippen molar-refractivity contribution < 1.29 is 19.6 Å². The van der Waals surface area contributed by atoms with Gasteiger partial charge in [0.2, 0.25) is 0 Å². The number of hydrogen-bond acceptors (Lipinski definition) is 5. The molecule has 0 bridgehead atoms. The van der Waals surface area contributed by atoms with Crippen LogP contribution in [0, 0.1) is 10.1 Å². The lowest BCUT2D eigenvalue weighted by Crippen LogP contribution is -2.03. The van der Waals surface area contributed by atoms with Crippen LogP contribution in [0.3, 0.4) is 0 Å². The first kappa shape index (κ1) is 14.3. The first-order chi connectivity index (χ1) is 10.0. The van der Waals surface area contributed by atoms with Gasteiger partial charge in [0.05, 0.1) is 23.3 Å². The van der Waals surface area contributed by atoms with Crippen molar-refractivity contribution in [1.29, 1.82) is 0 Å². The van der Waals surface area contributed by atoms with Crippen molar-refractivity contribution in [2.75, 3.05) is 12.4 Å². The van der Waals surface area contributed by atoms with Gasteiger partial charge in [-0.3, -0.25) is 10.1 Å². The number of aromatic carboxylic acids is 1. The van der Waals surface area contributed by atoms with Crippen molar-refractivity contribution in [3.63, 3.8) is 0 Å². The third-order valence-electron chi connectivity index (χ3n) is 2.79. The smallest absolute Gasteiger partial charge is 0.337 e. The van der Waals surface area contributed by atoms with Gasteiger partial charge in [-0.15, -0.1) is 0 Å². The zero-order chi connectivity index (χ0) is 15.4. The van der Waals surface area contributed by atoms with E-state index in [1.807, 2.05) is 0 Å². The van der Waals surface area contributed by atoms with E-state index in [0.29, 0.717) is 11.4 Å². The van der Waals surface area contributed by atoms with Crippen LogP contribution in [0.2, 0.25) is 0 Å². The number of carbonyl (C=O) groups is 1. The molecule has 0 radical (unpaired) electrons. The number of carboxylic acids is 1. The van der Waals surface area contributed by atoms with Crippen molar-refractivity contribution in [2.45, 2.75) is 0 Å². The van der Waals surface area contributed by atoms with E-state index in [1.54, 1.807) is 24.3 Å². The van der Waals surface area contributed by atoms with E-state index < -0.39 is 10.9 Å². The highest BCUT2D eigenvalue weighted by atomic mass is 16.6. The number of non-ortho nitro benzene ring substituents is 1. The van der Waals surface area contributed by atoms with E-state index in [9.17, 15) is 14.9 Å². The fourth-order valence-corrected chi connectivity index (χ4v) is 1.79. The van der Waals surface area contributed by atoms with Gasteiger partial charge >= 0.3 is 5.97 Å². The zero-order valence-electron chi connectivity index (χ0n) is 11.1. The van der Waals surface area contributed by atoms with E-state index in [4.69, 9.17) is 9.84 Å². The molecule has 108 valence electrons. The average molecular weight is 288 g/mol. The van der Waals surface area contributed by atoms with Gasteiger partial charge in [-0.05, 0) is 18.2 Å². The predicted molar refractivity (Wildman–Crippen MR) is 76.3 cm³/mol. The Morgan fingerprint density at radius 3 is 2.67 bits per heavy atom. The van der Waals surface area contributed by atoms with Crippen LogP contribution in [0.25, 0.3) is 0 Å². The Kier molecular flexibility index (Phi) is 4.03.